The number of anilines is 2. The second-order valence-electron chi connectivity index (χ2n) is 7.30. The summed E-state index contributed by atoms with van der Waals surface area (Å²) in [6, 6.07) is 7.55. The lowest BCUT2D eigenvalue weighted by Crippen LogP contribution is -2.33. The van der Waals surface area contributed by atoms with Crippen LogP contribution in [0.15, 0.2) is 36.9 Å². The molecule has 13 nitrogen and oxygen atoms in total. The molecule has 14 heteroatoms. The number of imidazole rings is 1. The van der Waals surface area contributed by atoms with Crippen molar-refractivity contribution in [1.82, 2.24) is 19.5 Å². The van der Waals surface area contributed by atoms with Crippen molar-refractivity contribution in [2.45, 2.75) is 31.0 Å². The summed E-state index contributed by atoms with van der Waals surface area (Å²) < 4.78 is 22.3. The van der Waals surface area contributed by atoms with Crippen molar-refractivity contribution in [3.05, 3.63) is 42.5 Å². The zero-order valence-corrected chi connectivity index (χ0v) is 17.6. The number of nitrogen functional groups attached to an aromatic ring is 1. The molecule has 4 atom stereocenters. The predicted octanol–water partition coefficient (Wildman–Crippen LogP) is -0.208. The Morgan fingerprint density at radius 2 is 1.91 bits per heavy atom. The molecule has 1 aliphatic heterocycles. The normalized spacial score (nSPS) is 23.6. The quantitative estimate of drug-likeness (QED) is 0.189. The van der Waals surface area contributed by atoms with Crippen LogP contribution in [0.2, 0.25) is 0 Å². The van der Waals surface area contributed by atoms with Crippen molar-refractivity contribution >= 4 is 30.5 Å². The number of nitrogens with one attached hydrogen (secondary N) is 1. The highest BCUT2D eigenvalue weighted by Crippen LogP contribution is 2.38. The number of fused-ring (bicyclic) bond motifs is 1. The molecule has 0 spiro atoms. The van der Waals surface area contributed by atoms with Crippen molar-refractivity contribution in [1.29, 1.82) is 0 Å². The minimum Gasteiger partial charge on any atom is -0.399 e. The number of aliphatic hydroxyl groups excluding tert-OH is 2. The van der Waals surface area contributed by atoms with E-state index < -0.39 is 39.0 Å². The van der Waals surface area contributed by atoms with Gasteiger partial charge >= 0.3 is 7.82 Å². The summed E-state index contributed by atoms with van der Waals surface area (Å²) in [6.45, 7) is -0.0233. The molecule has 0 bridgehead atoms. The van der Waals surface area contributed by atoms with Crippen LogP contribution < -0.4 is 11.1 Å². The maximum Gasteiger partial charge on any atom is 0.469 e. The van der Waals surface area contributed by atoms with E-state index in [9.17, 15) is 14.8 Å². The average Bonchev–Trinajstić information content (AvgIpc) is 3.29. The van der Waals surface area contributed by atoms with Crippen molar-refractivity contribution in [2.24, 2.45) is 0 Å². The summed E-state index contributed by atoms with van der Waals surface area (Å²) in [5.41, 5.74) is 8.28. The van der Waals surface area contributed by atoms with Crippen LogP contribution in [0.4, 0.5) is 11.5 Å². The smallest absolute Gasteiger partial charge is 0.399 e. The number of hydrogen-bond acceptors (Lipinski definition) is 10. The number of ether oxygens (including phenoxy) is 1. The van der Waals surface area contributed by atoms with E-state index >= 15 is 0 Å². The lowest BCUT2D eigenvalue weighted by molar-refractivity contribution is -0.0504. The minimum absolute atomic E-state index is 0.350. The van der Waals surface area contributed by atoms with E-state index in [0.29, 0.717) is 29.2 Å². The number of nitrogens with zero attached hydrogens (tertiary/aromatic N) is 4. The second kappa shape index (κ2) is 9.08. The van der Waals surface area contributed by atoms with Gasteiger partial charge in [-0.1, -0.05) is 12.1 Å². The zero-order chi connectivity index (χ0) is 22.9. The summed E-state index contributed by atoms with van der Waals surface area (Å²) in [7, 11) is -4.75. The van der Waals surface area contributed by atoms with Gasteiger partial charge in [-0.05, 0) is 24.1 Å². The van der Waals surface area contributed by atoms with Gasteiger partial charge in [-0.3, -0.25) is 9.09 Å². The molecule has 4 rings (SSSR count). The number of phosphoric acid groups is 1. The van der Waals surface area contributed by atoms with Gasteiger partial charge in [-0.25, -0.2) is 19.5 Å². The molecule has 3 aromatic rings. The fraction of sp³-hybridized carbons (Fsp3) is 0.389. The maximum absolute atomic E-state index is 10.9. The summed E-state index contributed by atoms with van der Waals surface area (Å²) in [5, 5.41) is 23.8. The molecule has 172 valence electrons. The Kier molecular flexibility index (Phi) is 6.40. The van der Waals surface area contributed by atoms with Gasteiger partial charge in [0.2, 0.25) is 0 Å². The topological polar surface area (TPSA) is 198 Å². The number of aliphatic hydroxyl groups is 2. The first kappa shape index (κ1) is 22.6. The number of hydrogen-bond donors (Lipinski definition) is 6. The van der Waals surface area contributed by atoms with Crippen LogP contribution in [0.25, 0.3) is 11.2 Å². The molecule has 3 heterocycles. The van der Waals surface area contributed by atoms with Gasteiger partial charge < -0.3 is 35.8 Å². The first-order valence-corrected chi connectivity index (χ1v) is 11.2. The van der Waals surface area contributed by atoms with E-state index in [1.807, 2.05) is 24.3 Å². The largest absolute Gasteiger partial charge is 0.469 e. The SMILES string of the molecule is Nc1ccc(CCNc2ncnc3c2ncn3[C@@H]2O[C@H](COP(=O)(O)O)[C@@H](O)[C@H]2O)cc1. The highest BCUT2D eigenvalue weighted by molar-refractivity contribution is 7.46. The van der Waals surface area contributed by atoms with E-state index in [2.05, 4.69) is 24.8 Å². The lowest BCUT2D eigenvalue weighted by Gasteiger charge is -2.16. The molecule has 0 amide bonds. The summed E-state index contributed by atoms with van der Waals surface area (Å²) >= 11 is 0. The van der Waals surface area contributed by atoms with Gasteiger partial charge in [0.25, 0.3) is 0 Å². The van der Waals surface area contributed by atoms with E-state index in [1.165, 1.54) is 17.2 Å². The average molecular weight is 466 g/mol. The van der Waals surface area contributed by atoms with E-state index in [1.54, 1.807) is 0 Å². The Labute approximate surface area is 182 Å². The van der Waals surface area contributed by atoms with Gasteiger partial charge in [0.15, 0.2) is 23.2 Å². The lowest BCUT2D eigenvalue weighted by atomic mass is 10.1. The highest BCUT2D eigenvalue weighted by atomic mass is 31.2. The van der Waals surface area contributed by atoms with Crippen molar-refractivity contribution in [3.8, 4) is 0 Å². The number of aromatic nitrogens is 4. The monoisotopic (exact) mass is 466 g/mol. The van der Waals surface area contributed by atoms with Crippen molar-refractivity contribution in [3.63, 3.8) is 0 Å². The Morgan fingerprint density at radius 1 is 1.16 bits per heavy atom. The van der Waals surface area contributed by atoms with Crippen molar-refractivity contribution in [2.75, 3.05) is 24.2 Å². The van der Waals surface area contributed by atoms with Gasteiger partial charge in [0, 0.05) is 12.2 Å². The number of benzene rings is 1. The number of nitrogens with two attached hydrogens (primary N) is 1. The van der Waals surface area contributed by atoms with Gasteiger partial charge in [0.1, 0.15) is 24.6 Å². The Balaban J connectivity index is 1.47. The molecule has 1 fully saturated rings. The van der Waals surface area contributed by atoms with Crippen LogP contribution in [0, 0.1) is 0 Å². The summed E-state index contributed by atoms with van der Waals surface area (Å²) in [4.78, 5) is 30.4. The predicted molar refractivity (Wildman–Crippen MR) is 112 cm³/mol. The third-order valence-corrected chi connectivity index (χ3v) is 5.55. The highest BCUT2D eigenvalue weighted by Gasteiger charge is 2.45. The minimum atomic E-state index is -4.75. The molecule has 2 aromatic heterocycles. The second-order valence-corrected chi connectivity index (χ2v) is 8.54. The fourth-order valence-corrected chi connectivity index (χ4v) is 3.79. The zero-order valence-electron chi connectivity index (χ0n) is 16.7. The molecule has 0 saturated carbocycles. The fourth-order valence-electron chi connectivity index (χ4n) is 3.44. The molecule has 1 aromatic carbocycles. The molecule has 1 saturated heterocycles. The first-order chi connectivity index (χ1) is 15.2. The van der Waals surface area contributed by atoms with Gasteiger partial charge in [-0.2, -0.15) is 0 Å². The van der Waals surface area contributed by atoms with Crippen LogP contribution >= 0.6 is 7.82 Å². The molecule has 1 aliphatic rings. The molecule has 0 unspecified atom stereocenters. The standard InChI is InChI=1S/C18H23N6O7P/c19-11-3-1-10(2-4-11)5-6-20-16-13-17(22-8-21-16)24(9-23-13)18-15(26)14(25)12(31-18)7-30-32(27,28)29/h1-4,8-9,12,14-15,18,25-26H,5-7,19H2,(H,20,21,22)(H2,27,28,29)/t12-,14-,15-,18-/m1/s1. The van der Waals surface area contributed by atoms with E-state index in [-0.39, 0.29) is 0 Å². The maximum atomic E-state index is 10.9. The van der Waals surface area contributed by atoms with Crippen LogP contribution in [0.5, 0.6) is 0 Å². The Hall–Kier alpha value is -2.64. The molecule has 32 heavy (non-hydrogen) atoms. The Bertz CT molecular complexity index is 1120. The number of phosphoric ester groups is 1. The van der Waals surface area contributed by atoms with E-state index in [0.717, 1.165) is 12.0 Å². The number of rotatable bonds is 8. The van der Waals surface area contributed by atoms with Gasteiger partial charge in [-0.15, -0.1) is 0 Å². The van der Waals surface area contributed by atoms with Crippen LogP contribution in [-0.2, 0) is 20.2 Å². The molecule has 7 N–H and O–H groups in total. The van der Waals surface area contributed by atoms with Gasteiger partial charge in [0.05, 0.1) is 12.9 Å². The molecular weight excluding hydrogens is 443 g/mol. The molecule has 0 radical (unpaired) electrons. The first-order valence-electron chi connectivity index (χ1n) is 9.70. The van der Waals surface area contributed by atoms with Crippen LogP contribution in [0.1, 0.15) is 11.8 Å². The van der Waals surface area contributed by atoms with Crippen molar-refractivity contribution < 1.29 is 33.8 Å². The van der Waals surface area contributed by atoms with Crippen LogP contribution in [0.3, 0.4) is 0 Å². The molecular formula is C18H23N6O7P. The summed E-state index contributed by atoms with van der Waals surface area (Å²) in [6.07, 6.45) is -1.62. The van der Waals surface area contributed by atoms with E-state index in [4.69, 9.17) is 20.3 Å². The summed E-state index contributed by atoms with van der Waals surface area (Å²) in [5.74, 6) is 0.485. The molecule has 0 aliphatic carbocycles. The third-order valence-electron chi connectivity index (χ3n) is 5.06. The Morgan fingerprint density at radius 3 is 2.62 bits per heavy atom. The van der Waals surface area contributed by atoms with Crippen LogP contribution in [-0.4, -0.2) is 71.0 Å². The third kappa shape index (κ3) is 4.89.